The molecule has 2 N–H and O–H groups in total. The van der Waals surface area contributed by atoms with Crippen LogP contribution in [0.3, 0.4) is 0 Å². The van der Waals surface area contributed by atoms with Gasteiger partial charge < -0.3 is 14.9 Å². The van der Waals surface area contributed by atoms with Crippen LogP contribution in [0.4, 0.5) is 0 Å². The number of aliphatic carboxylic acids is 1. The molecule has 0 radical (unpaired) electrons. The lowest BCUT2D eigenvalue weighted by Crippen LogP contribution is -2.22. The normalized spacial score (nSPS) is 11.9. The summed E-state index contributed by atoms with van der Waals surface area (Å²) in [4.78, 5) is 33.6. The molecule has 0 spiro atoms. The Morgan fingerprint density at radius 1 is 0.920 bits per heavy atom. The average molecular weight is 340 g/mol. The van der Waals surface area contributed by atoms with Gasteiger partial charge in [-0.15, -0.1) is 0 Å². The van der Waals surface area contributed by atoms with Crippen molar-refractivity contribution in [2.75, 3.05) is 0 Å². The van der Waals surface area contributed by atoms with E-state index < -0.39 is 18.0 Å². The van der Waals surface area contributed by atoms with Crippen molar-refractivity contribution >= 4 is 23.8 Å². The Kier molecular flexibility index (Phi) is 5.68. The van der Waals surface area contributed by atoms with Gasteiger partial charge in [0.05, 0.1) is 5.56 Å². The molecule has 1 unspecified atom stereocenters. The van der Waals surface area contributed by atoms with Crippen molar-refractivity contribution in [2.45, 2.75) is 13.0 Å². The maximum atomic E-state index is 12.1. The SMILES string of the molecule is CC(Oc1ccc(C(=O)/C=C/c2ccc(C(=O)O)cc2)cc1)C(=O)O. The van der Waals surface area contributed by atoms with Crippen LogP contribution in [0.15, 0.2) is 54.6 Å². The summed E-state index contributed by atoms with van der Waals surface area (Å²) in [6, 6.07) is 12.3. The molecule has 6 heteroatoms. The van der Waals surface area contributed by atoms with Crippen molar-refractivity contribution in [3.8, 4) is 5.75 Å². The lowest BCUT2D eigenvalue weighted by atomic mass is 10.1. The summed E-state index contributed by atoms with van der Waals surface area (Å²) in [6.45, 7) is 1.42. The minimum Gasteiger partial charge on any atom is -0.479 e. The van der Waals surface area contributed by atoms with Gasteiger partial charge in [0, 0.05) is 5.56 Å². The Morgan fingerprint density at radius 3 is 2.00 bits per heavy atom. The van der Waals surface area contributed by atoms with Crippen LogP contribution in [0.2, 0.25) is 0 Å². The summed E-state index contributed by atoms with van der Waals surface area (Å²) in [5.41, 5.74) is 1.30. The molecule has 2 aromatic rings. The molecule has 0 aliphatic rings. The molecule has 0 saturated heterocycles. The molecule has 0 fully saturated rings. The van der Waals surface area contributed by atoms with Crippen LogP contribution in [0, 0.1) is 0 Å². The minimum atomic E-state index is -1.07. The summed E-state index contributed by atoms with van der Waals surface area (Å²) >= 11 is 0. The van der Waals surface area contributed by atoms with Crippen molar-refractivity contribution in [3.05, 3.63) is 71.3 Å². The Hall–Kier alpha value is -3.41. The van der Waals surface area contributed by atoms with E-state index in [4.69, 9.17) is 14.9 Å². The molecule has 2 rings (SSSR count). The number of benzene rings is 2. The molecule has 0 aromatic heterocycles. The van der Waals surface area contributed by atoms with Gasteiger partial charge in [0.2, 0.25) is 0 Å². The summed E-state index contributed by atoms with van der Waals surface area (Å²) in [6.07, 6.45) is 1.99. The lowest BCUT2D eigenvalue weighted by Gasteiger charge is -2.10. The van der Waals surface area contributed by atoms with E-state index in [1.807, 2.05) is 0 Å². The number of rotatable bonds is 7. The number of hydrogen-bond acceptors (Lipinski definition) is 4. The van der Waals surface area contributed by atoms with Gasteiger partial charge in [0.25, 0.3) is 0 Å². The average Bonchev–Trinajstić information content (AvgIpc) is 2.60. The number of aromatic carboxylic acids is 1. The second kappa shape index (κ2) is 7.92. The summed E-state index contributed by atoms with van der Waals surface area (Å²) in [7, 11) is 0. The molecule has 0 saturated carbocycles. The van der Waals surface area contributed by atoms with Crippen LogP contribution in [-0.4, -0.2) is 34.0 Å². The zero-order valence-corrected chi connectivity index (χ0v) is 13.4. The van der Waals surface area contributed by atoms with Crippen LogP contribution >= 0.6 is 0 Å². The third kappa shape index (κ3) is 5.04. The Bertz CT molecular complexity index is 803. The van der Waals surface area contributed by atoms with Crippen LogP contribution in [0.5, 0.6) is 5.75 Å². The number of carboxylic acid groups (broad SMARTS) is 2. The van der Waals surface area contributed by atoms with Crippen LogP contribution in [0.1, 0.15) is 33.2 Å². The fourth-order valence-corrected chi connectivity index (χ4v) is 1.96. The molecule has 0 aliphatic heterocycles. The molecular weight excluding hydrogens is 324 g/mol. The van der Waals surface area contributed by atoms with Crippen molar-refractivity contribution < 1.29 is 29.3 Å². The van der Waals surface area contributed by atoms with Crippen molar-refractivity contribution in [3.63, 3.8) is 0 Å². The number of ketones is 1. The zero-order valence-electron chi connectivity index (χ0n) is 13.4. The highest BCUT2D eigenvalue weighted by Crippen LogP contribution is 2.15. The summed E-state index contributed by atoms with van der Waals surface area (Å²) in [5.74, 6) is -1.96. The molecular formula is C19H16O6. The third-order valence-electron chi connectivity index (χ3n) is 3.38. The van der Waals surface area contributed by atoms with Gasteiger partial charge in [-0.2, -0.15) is 0 Å². The monoisotopic (exact) mass is 340 g/mol. The number of ether oxygens (including phenoxy) is 1. The molecule has 6 nitrogen and oxygen atoms in total. The highest BCUT2D eigenvalue weighted by molar-refractivity contribution is 6.06. The molecule has 1 atom stereocenters. The second-order valence-electron chi connectivity index (χ2n) is 5.25. The van der Waals surface area contributed by atoms with E-state index in [-0.39, 0.29) is 11.3 Å². The van der Waals surface area contributed by atoms with E-state index in [1.165, 1.54) is 37.3 Å². The van der Waals surface area contributed by atoms with E-state index in [9.17, 15) is 14.4 Å². The fraction of sp³-hybridized carbons (Fsp3) is 0.105. The molecule has 0 aliphatic carbocycles. The van der Waals surface area contributed by atoms with E-state index in [0.29, 0.717) is 16.9 Å². The van der Waals surface area contributed by atoms with Gasteiger partial charge in [0.1, 0.15) is 5.75 Å². The van der Waals surface area contributed by atoms with Crippen LogP contribution in [0.25, 0.3) is 6.08 Å². The highest BCUT2D eigenvalue weighted by Gasteiger charge is 2.12. The van der Waals surface area contributed by atoms with Crippen LogP contribution in [-0.2, 0) is 4.79 Å². The van der Waals surface area contributed by atoms with E-state index in [0.717, 1.165) is 0 Å². The van der Waals surface area contributed by atoms with Gasteiger partial charge in [-0.25, -0.2) is 9.59 Å². The van der Waals surface area contributed by atoms with Gasteiger partial charge in [-0.05, 0) is 55.0 Å². The number of allylic oxidation sites excluding steroid dienone is 1. The van der Waals surface area contributed by atoms with Gasteiger partial charge in [-0.3, -0.25) is 4.79 Å². The predicted octanol–water partition coefficient (Wildman–Crippen LogP) is 3.13. The molecule has 2 aromatic carbocycles. The highest BCUT2D eigenvalue weighted by atomic mass is 16.5. The summed E-state index contributed by atoms with van der Waals surface area (Å²) < 4.78 is 5.19. The Morgan fingerprint density at radius 2 is 1.48 bits per heavy atom. The van der Waals surface area contributed by atoms with E-state index in [2.05, 4.69) is 0 Å². The van der Waals surface area contributed by atoms with Crippen molar-refractivity contribution in [2.24, 2.45) is 0 Å². The van der Waals surface area contributed by atoms with Crippen molar-refractivity contribution in [1.82, 2.24) is 0 Å². The first-order valence-corrected chi connectivity index (χ1v) is 7.42. The lowest BCUT2D eigenvalue weighted by molar-refractivity contribution is -0.144. The van der Waals surface area contributed by atoms with E-state index >= 15 is 0 Å². The zero-order chi connectivity index (χ0) is 18.4. The second-order valence-corrected chi connectivity index (χ2v) is 5.25. The first kappa shape index (κ1) is 17.9. The van der Waals surface area contributed by atoms with Gasteiger partial charge in [0.15, 0.2) is 11.9 Å². The van der Waals surface area contributed by atoms with Gasteiger partial charge in [-0.1, -0.05) is 18.2 Å². The first-order chi connectivity index (χ1) is 11.9. The molecule has 25 heavy (non-hydrogen) atoms. The maximum absolute atomic E-state index is 12.1. The first-order valence-electron chi connectivity index (χ1n) is 7.42. The molecule has 0 heterocycles. The predicted molar refractivity (Wildman–Crippen MR) is 90.9 cm³/mol. The third-order valence-corrected chi connectivity index (χ3v) is 3.38. The van der Waals surface area contributed by atoms with Crippen molar-refractivity contribution in [1.29, 1.82) is 0 Å². The maximum Gasteiger partial charge on any atom is 0.344 e. The molecule has 128 valence electrons. The Balaban J connectivity index is 2.02. The molecule has 0 bridgehead atoms. The fourth-order valence-electron chi connectivity index (χ4n) is 1.96. The standard InChI is InChI=1S/C19H16O6/c1-12(18(21)22)25-16-9-7-14(8-10-16)17(20)11-4-13-2-5-15(6-3-13)19(23)24/h2-12H,1H3,(H,21,22)(H,23,24)/b11-4+. The topological polar surface area (TPSA) is 101 Å². The van der Waals surface area contributed by atoms with E-state index in [1.54, 1.807) is 30.3 Å². The van der Waals surface area contributed by atoms with Gasteiger partial charge >= 0.3 is 11.9 Å². The number of carbonyl (C=O) groups excluding carboxylic acids is 1. The smallest absolute Gasteiger partial charge is 0.344 e. The molecule has 0 amide bonds. The quantitative estimate of drug-likeness (QED) is 0.593. The largest absolute Gasteiger partial charge is 0.479 e. The number of hydrogen-bond donors (Lipinski definition) is 2. The minimum absolute atomic E-state index is 0.176. The number of carbonyl (C=O) groups is 3. The van der Waals surface area contributed by atoms with Crippen LogP contribution < -0.4 is 4.74 Å². The Labute approximate surface area is 144 Å². The summed E-state index contributed by atoms with van der Waals surface area (Å²) in [5, 5.41) is 17.6. The number of carboxylic acids is 2.